The Labute approximate surface area is 93.3 Å². The van der Waals surface area contributed by atoms with E-state index in [-0.39, 0.29) is 5.82 Å². The maximum atomic E-state index is 11.6. The molecule has 0 saturated heterocycles. The molecule has 5 heteroatoms. The van der Waals surface area contributed by atoms with Crippen LogP contribution in [0.15, 0.2) is 15.7 Å². The summed E-state index contributed by atoms with van der Waals surface area (Å²) in [6, 6.07) is 1.26. The molecule has 2 unspecified atom stereocenters. The summed E-state index contributed by atoms with van der Waals surface area (Å²) in [5.41, 5.74) is 4.85. The Morgan fingerprint density at radius 2 is 2.25 bits per heavy atom. The topological polar surface area (TPSA) is 80.9 Å². The van der Waals surface area contributed by atoms with E-state index in [0.29, 0.717) is 12.5 Å². The van der Waals surface area contributed by atoms with Crippen LogP contribution in [0.3, 0.4) is 0 Å². The van der Waals surface area contributed by atoms with Gasteiger partial charge in [-0.3, -0.25) is 14.3 Å². The highest BCUT2D eigenvalue weighted by Crippen LogP contribution is 2.31. The molecule has 3 N–H and O–H groups in total. The Hall–Kier alpha value is -1.52. The Balaban J connectivity index is 2.22. The van der Waals surface area contributed by atoms with Crippen molar-refractivity contribution in [3.05, 3.63) is 26.9 Å². The Kier molecular flexibility index (Phi) is 2.85. The normalized spacial score (nSPS) is 24.8. The van der Waals surface area contributed by atoms with Crippen LogP contribution in [0.5, 0.6) is 0 Å². The minimum absolute atomic E-state index is 0.258. The zero-order valence-corrected chi connectivity index (χ0v) is 9.40. The van der Waals surface area contributed by atoms with Gasteiger partial charge < -0.3 is 5.73 Å². The van der Waals surface area contributed by atoms with Crippen molar-refractivity contribution in [2.75, 3.05) is 5.73 Å². The van der Waals surface area contributed by atoms with Gasteiger partial charge >= 0.3 is 5.69 Å². The lowest BCUT2D eigenvalue weighted by Crippen LogP contribution is -2.32. The van der Waals surface area contributed by atoms with E-state index >= 15 is 0 Å². The van der Waals surface area contributed by atoms with Crippen LogP contribution in [0.25, 0.3) is 0 Å². The molecule has 16 heavy (non-hydrogen) atoms. The maximum Gasteiger partial charge on any atom is 0.329 e. The van der Waals surface area contributed by atoms with Crippen molar-refractivity contribution < 1.29 is 0 Å². The predicted molar refractivity (Wildman–Crippen MR) is 62.2 cm³/mol. The molecule has 2 atom stereocenters. The summed E-state index contributed by atoms with van der Waals surface area (Å²) in [7, 11) is 0. The van der Waals surface area contributed by atoms with Gasteiger partial charge in [-0.2, -0.15) is 0 Å². The zero-order chi connectivity index (χ0) is 11.7. The van der Waals surface area contributed by atoms with Gasteiger partial charge in [0, 0.05) is 12.6 Å². The molecule has 0 spiro atoms. The van der Waals surface area contributed by atoms with Crippen LogP contribution in [0.4, 0.5) is 5.82 Å². The predicted octanol–water partition coefficient (Wildman–Crippen LogP) is 0.555. The van der Waals surface area contributed by atoms with Gasteiger partial charge in [0.2, 0.25) is 0 Å². The van der Waals surface area contributed by atoms with E-state index in [1.807, 2.05) is 0 Å². The van der Waals surface area contributed by atoms with E-state index in [9.17, 15) is 9.59 Å². The number of aromatic amines is 1. The largest absolute Gasteiger partial charge is 0.385 e. The lowest BCUT2D eigenvalue weighted by atomic mass is 10.1. The van der Waals surface area contributed by atoms with Crippen LogP contribution in [0, 0.1) is 11.8 Å². The van der Waals surface area contributed by atoms with Gasteiger partial charge in [0.25, 0.3) is 5.56 Å². The van der Waals surface area contributed by atoms with Crippen molar-refractivity contribution in [2.45, 2.75) is 32.7 Å². The van der Waals surface area contributed by atoms with Crippen molar-refractivity contribution in [3.8, 4) is 0 Å². The van der Waals surface area contributed by atoms with Crippen LogP contribution in [0.2, 0.25) is 0 Å². The average molecular weight is 223 g/mol. The third-order valence-corrected chi connectivity index (χ3v) is 3.31. The van der Waals surface area contributed by atoms with E-state index < -0.39 is 11.2 Å². The van der Waals surface area contributed by atoms with Gasteiger partial charge in [-0.1, -0.05) is 13.3 Å². The lowest BCUT2D eigenvalue weighted by Gasteiger charge is -2.13. The second-order valence-electron chi connectivity index (χ2n) is 4.76. The number of hydrogen-bond acceptors (Lipinski definition) is 3. The molecule has 0 radical (unpaired) electrons. The first-order valence-electron chi connectivity index (χ1n) is 5.66. The molecular weight excluding hydrogens is 206 g/mol. The Bertz CT molecular complexity index is 489. The summed E-state index contributed by atoms with van der Waals surface area (Å²) in [4.78, 5) is 24.8. The molecule has 0 bridgehead atoms. The number of hydrogen-bond donors (Lipinski definition) is 2. The second-order valence-corrected chi connectivity index (χ2v) is 4.76. The number of anilines is 1. The molecule has 1 aromatic heterocycles. The van der Waals surface area contributed by atoms with Crippen LogP contribution in [0.1, 0.15) is 26.2 Å². The number of nitrogens with one attached hydrogen (secondary N) is 1. The fourth-order valence-electron chi connectivity index (χ4n) is 2.48. The number of nitrogens with zero attached hydrogens (tertiary/aromatic N) is 1. The van der Waals surface area contributed by atoms with Crippen molar-refractivity contribution in [1.82, 2.24) is 9.55 Å². The lowest BCUT2D eigenvalue weighted by molar-refractivity contribution is 0.432. The van der Waals surface area contributed by atoms with Crippen molar-refractivity contribution in [2.24, 2.45) is 11.8 Å². The molecular formula is C11H17N3O2. The van der Waals surface area contributed by atoms with Gasteiger partial charge in [-0.15, -0.1) is 0 Å². The Morgan fingerprint density at radius 3 is 2.81 bits per heavy atom. The Morgan fingerprint density at radius 1 is 1.50 bits per heavy atom. The minimum atomic E-state index is -0.432. The molecule has 88 valence electrons. The molecule has 0 amide bonds. The van der Waals surface area contributed by atoms with Crippen LogP contribution < -0.4 is 17.0 Å². The highest BCUT2D eigenvalue weighted by atomic mass is 16.2. The van der Waals surface area contributed by atoms with Crippen molar-refractivity contribution in [3.63, 3.8) is 0 Å². The fraction of sp³-hybridized carbons (Fsp3) is 0.636. The first-order chi connectivity index (χ1) is 7.56. The smallest absolute Gasteiger partial charge is 0.329 e. The highest BCUT2D eigenvalue weighted by molar-refractivity contribution is 5.26. The number of aromatic nitrogens is 2. The molecule has 1 aliphatic carbocycles. The highest BCUT2D eigenvalue weighted by Gasteiger charge is 2.22. The molecule has 0 aromatic carbocycles. The summed E-state index contributed by atoms with van der Waals surface area (Å²) < 4.78 is 1.46. The van der Waals surface area contributed by atoms with E-state index in [2.05, 4.69) is 11.9 Å². The van der Waals surface area contributed by atoms with E-state index in [4.69, 9.17) is 5.73 Å². The average Bonchev–Trinajstić information content (AvgIpc) is 2.58. The van der Waals surface area contributed by atoms with Gasteiger partial charge in [0.15, 0.2) is 0 Å². The molecule has 1 fully saturated rings. The van der Waals surface area contributed by atoms with Crippen molar-refractivity contribution >= 4 is 5.82 Å². The molecule has 1 aromatic rings. The second kappa shape index (κ2) is 4.15. The summed E-state index contributed by atoms with van der Waals surface area (Å²) in [6.07, 6.45) is 3.47. The molecule has 1 heterocycles. The quantitative estimate of drug-likeness (QED) is 0.768. The fourth-order valence-corrected chi connectivity index (χ4v) is 2.48. The van der Waals surface area contributed by atoms with Crippen molar-refractivity contribution in [1.29, 1.82) is 0 Å². The van der Waals surface area contributed by atoms with Crippen LogP contribution >= 0.6 is 0 Å². The number of rotatable bonds is 2. The summed E-state index contributed by atoms with van der Waals surface area (Å²) >= 11 is 0. The molecule has 0 aliphatic heterocycles. The van der Waals surface area contributed by atoms with E-state index in [1.54, 1.807) is 0 Å². The molecule has 1 saturated carbocycles. The molecule has 5 nitrogen and oxygen atoms in total. The SMILES string of the molecule is CC1CCC(Cn2c(N)cc(=O)[nH]c2=O)C1. The van der Waals surface area contributed by atoms with E-state index in [0.717, 1.165) is 18.8 Å². The van der Waals surface area contributed by atoms with E-state index in [1.165, 1.54) is 17.1 Å². The summed E-state index contributed by atoms with van der Waals surface area (Å²) in [5.74, 6) is 1.49. The summed E-state index contributed by atoms with van der Waals surface area (Å²) in [6.45, 7) is 2.84. The number of nitrogen functional groups attached to an aromatic ring is 1. The first-order valence-corrected chi connectivity index (χ1v) is 5.66. The third kappa shape index (κ3) is 2.18. The van der Waals surface area contributed by atoms with Gasteiger partial charge in [-0.25, -0.2) is 4.79 Å². The third-order valence-electron chi connectivity index (χ3n) is 3.31. The van der Waals surface area contributed by atoms with Gasteiger partial charge in [-0.05, 0) is 24.7 Å². The first kappa shape index (κ1) is 11.0. The summed E-state index contributed by atoms with van der Waals surface area (Å²) in [5, 5.41) is 0. The van der Waals surface area contributed by atoms with Crippen LogP contribution in [-0.2, 0) is 6.54 Å². The zero-order valence-electron chi connectivity index (χ0n) is 9.40. The number of H-pyrrole nitrogens is 1. The molecule has 1 aliphatic rings. The van der Waals surface area contributed by atoms with Gasteiger partial charge in [0.1, 0.15) is 5.82 Å². The minimum Gasteiger partial charge on any atom is -0.385 e. The monoisotopic (exact) mass is 223 g/mol. The van der Waals surface area contributed by atoms with Crippen LogP contribution in [-0.4, -0.2) is 9.55 Å². The maximum absolute atomic E-state index is 11.6. The molecule has 2 rings (SSSR count). The standard InChI is InChI=1S/C11H17N3O2/c1-7-2-3-8(4-7)6-14-9(12)5-10(15)13-11(14)16/h5,7-8H,2-4,6,12H2,1H3,(H,13,15,16). The van der Waals surface area contributed by atoms with Gasteiger partial charge in [0.05, 0.1) is 0 Å². The number of nitrogens with two attached hydrogens (primary N) is 1.